The molecule has 0 saturated carbocycles. The molecule has 3 rings (SSSR count). The topological polar surface area (TPSA) is 58.6 Å². The lowest BCUT2D eigenvalue weighted by Gasteiger charge is -2.32. The van der Waals surface area contributed by atoms with Crippen molar-refractivity contribution in [2.75, 3.05) is 6.61 Å². The highest BCUT2D eigenvalue weighted by atomic mass is 35.5. The summed E-state index contributed by atoms with van der Waals surface area (Å²) < 4.78 is 5.93. The molecular weight excluding hydrogens is 507 g/mol. The number of rotatable bonds is 11. The molecule has 37 heavy (non-hydrogen) atoms. The first-order valence-electron chi connectivity index (χ1n) is 12.5. The van der Waals surface area contributed by atoms with Crippen molar-refractivity contribution in [2.45, 2.75) is 59.2 Å². The van der Waals surface area contributed by atoms with Crippen LogP contribution in [0, 0.1) is 13.8 Å². The second-order valence-corrected chi connectivity index (χ2v) is 10.1. The quantitative estimate of drug-likeness (QED) is 0.300. The minimum Gasteiger partial charge on any atom is -0.483 e. The van der Waals surface area contributed by atoms with Gasteiger partial charge in [0, 0.05) is 34.6 Å². The maximum Gasteiger partial charge on any atom is 0.261 e. The van der Waals surface area contributed by atoms with Crippen molar-refractivity contribution < 1.29 is 14.3 Å². The first-order valence-corrected chi connectivity index (χ1v) is 13.2. The van der Waals surface area contributed by atoms with E-state index in [1.165, 1.54) is 4.90 Å². The van der Waals surface area contributed by atoms with E-state index >= 15 is 0 Å². The van der Waals surface area contributed by atoms with Gasteiger partial charge >= 0.3 is 0 Å². The van der Waals surface area contributed by atoms with Crippen molar-refractivity contribution in [3.8, 4) is 5.75 Å². The van der Waals surface area contributed by atoms with E-state index in [2.05, 4.69) is 5.32 Å². The summed E-state index contributed by atoms with van der Waals surface area (Å²) in [5.74, 6) is 0.0516. The molecule has 2 atom stereocenters. The number of amides is 2. The highest BCUT2D eigenvalue weighted by Gasteiger charge is 2.32. The van der Waals surface area contributed by atoms with Crippen LogP contribution >= 0.6 is 23.2 Å². The normalized spacial score (nSPS) is 12.5. The van der Waals surface area contributed by atoms with Crippen molar-refractivity contribution in [3.63, 3.8) is 0 Å². The number of ether oxygens (including phenoxy) is 1. The molecule has 3 aromatic rings. The second kappa shape index (κ2) is 13.5. The fourth-order valence-corrected chi connectivity index (χ4v) is 4.55. The molecule has 0 aromatic heterocycles. The van der Waals surface area contributed by atoms with E-state index in [0.29, 0.717) is 27.8 Å². The van der Waals surface area contributed by atoms with E-state index < -0.39 is 6.04 Å². The van der Waals surface area contributed by atoms with Gasteiger partial charge in [0.25, 0.3) is 5.91 Å². The van der Waals surface area contributed by atoms with Gasteiger partial charge in [-0.3, -0.25) is 9.59 Å². The summed E-state index contributed by atoms with van der Waals surface area (Å²) in [5, 5.41) is 3.91. The molecule has 7 heteroatoms. The Kier molecular flexibility index (Phi) is 10.4. The van der Waals surface area contributed by atoms with Crippen LogP contribution in [-0.4, -0.2) is 35.4 Å². The second-order valence-electron chi connectivity index (χ2n) is 9.30. The van der Waals surface area contributed by atoms with Crippen LogP contribution in [0.1, 0.15) is 42.5 Å². The molecule has 5 nitrogen and oxygen atoms in total. The number of hydrogen-bond acceptors (Lipinski definition) is 3. The third kappa shape index (κ3) is 7.98. The summed E-state index contributed by atoms with van der Waals surface area (Å²) in [6.45, 7) is 7.72. The number of nitrogens with zero attached hydrogens (tertiary/aromatic N) is 1. The van der Waals surface area contributed by atoms with Gasteiger partial charge < -0.3 is 15.0 Å². The lowest BCUT2D eigenvalue weighted by Crippen LogP contribution is -2.53. The molecule has 0 heterocycles. The van der Waals surface area contributed by atoms with Gasteiger partial charge in [-0.15, -0.1) is 0 Å². The first-order chi connectivity index (χ1) is 17.7. The van der Waals surface area contributed by atoms with E-state index in [-0.39, 0.29) is 31.0 Å². The summed E-state index contributed by atoms with van der Waals surface area (Å²) in [6.07, 6.45) is 1.10. The maximum atomic E-state index is 13.7. The third-order valence-electron chi connectivity index (χ3n) is 6.34. The predicted octanol–water partition coefficient (Wildman–Crippen LogP) is 6.54. The van der Waals surface area contributed by atoms with E-state index in [9.17, 15) is 9.59 Å². The molecule has 1 N–H and O–H groups in total. The summed E-state index contributed by atoms with van der Waals surface area (Å²) in [7, 11) is 0. The minimum absolute atomic E-state index is 0.0434. The average molecular weight is 542 g/mol. The molecule has 0 saturated heterocycles. The highest BCUT2D eigenvalue weighted by molar-refractivity contribution is 6.36. The number of carbonyl (C=O) groups excluding carboxylic acids is 2. The number of halogens is 2. The molecule has 0 aliphatic heterocycles. The van der Waals surface area contributed by atoms with Gasteiger partial charge in [-0.05, 0) is 56.5 Å². The molecule has 0 aliphatic carbocycles. The zero-order valence-corrected chi connectivity index (χ0v) is 23.3. The summed E-state index contributed by atoms with van der Waals surface area (Å²) in [5.41, 5.74) is 3.56. The standard InChI is InChI=1S/C30H34Cl2N2O3/c1-5-22(4)33-30(36)27(17-23-10-7-6-8-11-23)34(18-24-25(31)12-9-13-26(24)32)29(35)19-37-28-15-14-20(2)16-21(28)3/h6-16,22,27H,5,17-19H2,1-4H3,(H,33,36)/t22-,27-/m0/s1. The molecule has 0 unspecified atom stereocenters. The largest absolute Gasteiger partial charge is 0.483 e. The van der Waals surface area contributed by atoms with Crippen LogP contribution in [0.25, 0.3) is 0 Å². The van der Waals surface area contributed by atoms with Crippen LogP contribution in [0.2, 0.25) is 10.0 Å². The lowest BCUT2D eigenvalue weighted by molar-refractivity contribution is -0.143. The molecule has 0 bridgehead atoms. The summed E-state index contributed by atoms with van der Waals surface area (Å²) >= 11 is 13.0. The summed E-state index contributed by atoms with van der Waals surface area (Å²) in [6, 6.07) is 19.8. The van der Waals surface area contributed by atoms with Crippen LogP contribution in [-0.2, 0) is 22.6 Å². The number of aryl methyl sites for hydroxylation is 2. The molecule has 0 fully saturated rings. The number of hydrogen-bond donors (Lipinski definition) is 1. The van der Waals surface area contributed by atoms with Crippen LogP contribution in [0.3, 0.4) is 0 Å². The predicted molar refractivity (Wildman–Crippen MR) is 150 cm³/mol. The van der Waals surface area contributed by atoms with E-state index in [1.807, 2.05) is 76.2 Å². The SMILES string of the molecule is CC[C@H](C)NC(=O)[C@H](Cc1ccccc1)N(Cc1c(Cl)cccc1Cl)C(=O)COc1ccc(C)cc1C. The average Bonchev–Trinajstić information content (AvgIpc) is 2.87. The Bertz CT molecular complexity index is 1200. The Balaban J connectivity index is 1.97. The fourth-order valence-electron chi connectivity index (χ4n) is 4.03. The van der Waals surface area contributed by atoms with E-state index in [4.69, 9.17) is 27.9 Å². The van der Waals surface area contributed by atoms with Gasteiger partial charge in [0.2, 0.25) is 5.91 Å². The molecule has 0 spiro atoms. The molecule has 3 aromatic carbocycles. The Morgan fingerprint density at radius 2 is 1.65 bits per heavy atom. The van der Waals surface area contributed by atoms with Gasteiger partial charge in [0.15, 0.2) is 6.61 Å². The van der Waals surface area contributed by atoms with Gasteiger partial charge in [0.1, 0.15) is 11.8 Å². The van der Waals surface area contributed by atoms with Crippen LogP contribution in [0.4, 0.5) is 0 Å². The molecule has 0 radical (unpaired) electrons. The number of benzene rings is 3. The lowest BCUT2D eigenvalue weighted by atomic mass is 10.0. The minimum atomic E-state index is -0.793. The van der Waals surface area contributed by atoms with Gasteiger partial charge in [-0.25, -0.2) is 0 Å². The zero-order chi connectivity index (χ0) is 26.9. The fraction of sp³-hybridized carbons (Fsp3) is 0.333. The van der Waals surface area contributed by atoms with Crippen LogP contribution < -0.4 is 10.1 Å². The Hall–Kier alpha value is -3.02. The molecule has 196 valence electrons. The smallest absolute Gasteiger partial charge is 0.261 e. The van der Waals surface area contributed by atoms with E-state index in [0.717, 1.165) is 23.1 Å². The van der Waals surface area contributed by atoms with Crippen molar-refractivity contribution in [2.24, 2.45) is 0 Å². The van der Waals surface area contributed by atoms with Crippen molar-refractivity contribution in [3.05, 3.63) is 99.0 Å². The Morgan fingerprint density at radius 3 is 2.27 bits per heavy atom. The van der Waals surface area contributed by atoms with Crippen molar-refractivity contribution in [1.29, 1.82) is 0 Å². The zero-order valence-electron chi connectivity index (χ0n) is 21.8. The van der Waals surface area contributed by atoms with Crippen LogP contribution in [0.15, 0.2) is 66.7 Å². The molecular formula is C30H34Cl2N2O3. The summed E-state index contributed by atoms with van der Waals surface area (Å²) in [4.78, 5) is 28.9. The van der Waals surface area contributed by atoms with E-state index in [1.54, 1.807) is 18.2 Å². The van der Waals surface area contributed by atoms with Crippen LogP contribution in [0.5, 0.6) is 5.75 Å². The molecule has 0 aliphatic rings. The molecule has 2 amide bonds. The Labute approximate surface area is 229 Å². The van der Waals surface area contributed by atoms with Gasteiger partial charge in [-0.2, -0.15) is 0 Å². The maximum absolute atomic E-state index is 13.7. The van der Waals surface area contributed by atoms with Gasteiger partial charge in [-0.1, -0.05) is 84.2 Å². The third-order valence-corrected chi connectivity index (χ3v) is 7.05. The monoisotopic (exact) mass is 540 g/mol. The number of carbonyl (C=O) groups is 2. The van der Waals surface area contributed by atoms with Crippen molar-refractivity contribution >= 4 is 35.0 Å². The van der Waals surface area contributed by atoms with Crippen molar-refractivity contribution in [1.82, 2.24) is 10.2 Å². The van der Waals surface area contributed by atoms with Gasteiger partial charge in [0.05, 0.1) is 0 Å². The highest BCUT2D eigenvalue weighted by Crippen LogP contribution is 2.27. The number of nitrogens with one attached hydrogen (secondary N) is 1. The first kappa shape index (κ1) is 28.5. The Morgan fingerprint density at radius 1 is 0.973 bits per heavy atom.